The van der Waals surface area contributed by atoms with Crippen LogP contribution in [0.1, 0.15) is 11.1 Å². The van der Waals surface area contributed by atoms with E-state index in [4.69, 9.17) is 9.90 Å². The zero-order valence-corrected chi connectivity index (χ0v) is 8.42. The fourth-order valence-corrected chi connectivity index (χ4v) is 0.547. The minimum atomic E-state index is -5.08. The Morgan fingerprint density at radius 2 is 1.88 bits per heavy atom. The second kappa shape index (κ2) is 5.29. The van der Waals surface area contributed by atoms with Gasteiger partial charge in [0.2, 0.25) is 0 Å². The maximum atomic E-state index is 10.7. The van der Waals surface area contributed by atoms with Crippen molar-refractivity contribution in [1.29, 1.82) is 0 Å². The Kier molecular flexibility index (Phi) is 4.67. The van der Waals surface area contributed by atoms with Crippen LogP contribution < -0.4 is 5.56 Å². The zero-order valence-electron chi connectivity index (χ0n) is 8.42. The van der Waals surface area contributed by atoms with Crippen molar-refractivity contribution < 1.29 is 23.1 Å². The van der Waals surface area contributed by atoms with Gasteiger partial charge in [0.1, 0.15) is 0 Å². The monoisotopic (exact) mass is 238 g/mol. The van der Waals surface area contributed by atoms with Crippen molar-refractivity contribution in [3.63, 3.8) is 0 Å². The standard InChI is InChI=1S/C6H8N2O.C2HF3O2/c1-4-3-7-8-6(9)5(4)2;3-2(4,5)1(6)7/h3H,1-2H3,(H,8,9);(H,6,7). The number of H-pyrrole nitrogens is 1. The molecule has 0 saturated carbocycles. The van der Waals surface area contributed by atoms with Crippen LogP contribution in [0, 0.1) is 13.8 Å². The molecule has 0 spiro atoms. The van der Waals surface area contributed by atoms with Gasteiger partial charge in [0.05, 0.1) is 6.20 Å². The second-order valence-electron chi connectivity index (χ2n) is 2.81. The molecule has 0 aliphatic carbocycles. The van der Waals surface area contributed by atoms with E-state index in [0.717, 1.165) is 11.1 Å². The van der Waals surface area contributed by atoms with Crippen molar-refractivity contribution in [1.82, 2.24) is 10.2 Å². The topological polar surface area (TPSA) is 83.0 Å². The normalized spacial score (nSPS) is 10.3. The Hall–Kier alpha value is -1.86. The molecule has 16 heavy (non-hydrogen) atoms. The van der Waals surface area contributed by atoms with Crippen LogP contribution in [-0.2, 0) is 4.79 Å². The lowest BCUT2D eigenvalue weighted by atomic mass is 10.2. The van der Waals surface area contributed by atoms with Crippen LogP contribution in [0.25, 0.3) is 0 Å². The Morgan fingerprint density at radius 3 is 2.12 bits per heavy atom. The Balaban J connectivity index is 0.000000293. The van der Waals surface area contributed by atoms with Crippen LogP contribution in [0.5, 0.6) is 0 Å². The number of carboxylic acids is 1. The first kappa shape index (κ1) is 14.1. The van der Waals surface area contributed by atoms with Crippen molar-refractivity contribution in [2.24, 2.45) is 0 Å². The number of halogens is 3. The van der Waals surface area contributed by atoms with E-state index in [1.54, 1.807) is 13.1 Å². The van der Waals surface area contributed by atoms with Gasteiger partial charge in [-0.05, 0) is 19.4 Å². The average molecular weight is 238 g/mol. The summed E-state index contributed by atoms with van der Waals surface area (Å²) >= 11 is 0. The van der Waals surface area contributed by atoms with Crippen LogP contribution in [-0.4, -0.2) is 27.4 Å². The molecule has 0 radical (unpaired) electrons. The minimum Gasteiger partial charge on any atom is -0.475 e. The van der Waals surface area contributed by atoms with E-state index in [9.17, 15) is 18.0 Å². The molecule has 0 unspecified atom stereocenters. The van der Waals surface area contributed by atoms with E-state index in [1.165, 1.54) is 0 Å². The Morgan fingerprint density at radius 1 is 1.44 bits per heavy atom. The molecule has 90 valence electrons. The highest BCUT2D eigenvalue weighted by Gasteiger charge is 2.38. The van der Waals surface area contributed by atoms with Crippen molar-refractivity contribution in [2.75, 3.05) is 0 Å². The van der Waals surface area contributed by atoms with Gasteiger partial charge < -0.3 is 5.11 Å². The van der Waals surface area contributed by atoms with E-state index in [1.807, 2.05) is 6.92 Å². The Labute approximate surface area is 87.9 Å². The number of hydrogen-bond acceptors (Lipinski definition) is 3. The molecule has 0 aromatic carbocycles. The van der Waals surface area contributed by atoms with Crippen molar-refractivity contribution in [3.05, 3.63) is 27.7 Å². The average Bonchev–Trinajstić information content (AvgIpc) is 2.13. The van der Waals surface area contributed by atoms with E-state index in [0.29, 0.717) is 0 Å². The third-order valence-corrected chi connectivity index (χ3v) is 1.60. The van der Waals surface area contributed by atoms with Gasteiger partial charge in [-0.25, -0.2) is 9.89 Å². The van der Waals surface area contributed by atoms with Gasteiger partial charge in [-0.1, -0.05) is 0 Å². The van der Waals surface area contributed by atoms with Gasteiger partial charge in [0, 0.05) is 5.56 Å². The van der Waals surface area contributed by atoms with Crippen LogP contribution in [0.4, 0.5) is 13.2 Å². The maximum absolute atomic E-state index is 10.7. The summed E-state index contributed by atoms with van der Waals surface area (Å²) in [7, 11) is 0. The molecule has 5 nitrogen and oxygen atoms in total. The molecular weight excluding hydrogens is 229 g/mol. The van der Waals surface area contributed by atoms with Gasteiger partial charge in [-0.3, -0.25) is 4.79 Å². The second-order valence-corrected chi connectivity index (χ2v) is 2.81. The maximum Gasteiger partial charge on any atom is 0.490 e. The lowest BCUT2D eigenvalue weighted by Gasteiger charge is -1.93. The number of alkyl halides is 3. The number of rotatable bonds is 0. The van der Waals surface area contributed by atoms with Crippen molar-refractivity contribution in [3.8, 4) is 0 Å². The highest BCUT2D eigenvalue weighted by Crippen LogP contribution is 2.13. The quantitative estimate of drug-likeness (QED) is 0.706. The predicted octanol–water partition coefficient (Wildman–Crippen LogP) is 1.02. The molecular formula is C8H9F3N2O3. The summed E-state index contributed by atoms with van der Waals surface area (Å²) in [6.07, 6.45) is -3.45. The third-order valence-electron chi connectivity index (χ3n) is 1.60. The molecule has 1 aromatic rings. The number of aryl methyl sites for hydroxylation is 1. The van der Waals surface area contributed by atoms with E-state index in [-0.39, 0.29) is 5.56 Å². The molecule has 0 amide bonds. The summed E-state index contributed by atoms with van der Waals surface area (Å²) in [6, 6.07) is 0. The van der Waals surface area contributed by atoms with Gasteiger partial charge in [0.25, 0.3) is 5.56 Å². The molecule has 1 heterocycles. The number of aromatic amines is 1. The van der Waals surface area contributed by atoms with Crippen LogP contribution >= 0.6 is 0 Å². The zero-order chi connectivity index (χ0) is 12.9. The largest absolute Gasteiger partial charge is 0.490 e. The fourth-order valence-electron chi connectivity index (χ4n) is 0.547. The fraction of sp³-hybridized carbons (Fsp3) is 0.375. The van der Waals surface area contributed by atoms with Gasteiger partial charge in [-0.15, -0.1) is 0 Å². The molecule has 1 aromatic heterocycles. The number of nitrogens with one attached hydrogen (secondary N) is 1. The van der Waals surface area contributed by atoms with E-state index >= 15 is 0 Å². The summed E-state index contributed by atoms with van der Waals surface area (Å²) in [6.45, 7) is 3.63. The number of carboxylic acid groups (broad SMARTS) is 1. The highest BCUT2D eigenvalue weighted by atomic mass is 19.4. The molecule has 0 aliphatic rings. The molecule has 0 bridgehead atoms. The lowest BCUT2D eigenvalue weighted by molar-refractivity contribution is -0.192. The highest BCUT2D eigenvalue weighted by molar-refractivity contribution is 5.73. The SMILES string of the molecule is Cc1cn[nH]c(=O)c1C.O=C(O)C(F)(F)F. The van der Waals surface area contributed by atoms with Crippen LogP contribution in [0.15, 0.2) is 11.0 Å². The van der Waals surface area contributed by atoms with Gasteiger partial charge >= 0.3 is 12.1 Å². The summed E-state index contributed by atoms with van der Waals surface area (Å²) in [4.78, 5) is 19.6. The van der Waals surface area contributed by atoms with Crippen LogP contribution in [0.3, 0.4) is 0 Å². The Bertz CT molecular complexity index is 425. The first-order valence-corrected chi connectivity index (χ1v) is 3.97. The number of aromatic nitrogens is 2. The van der Waals surface area contributed by atoms with E-state index in [2.05, 4.69) is 10.2 Å². The third kappa shape index (κ3) is 4.58. The molecule has 0 fully saturated rings. The number of aliphatic carboxylic acids is 1. The molecule has 8 heteroatoms. The number of nitrogens with zero attached hydrogens (tertiary/aromatic N) is 1. The summed E-state index contributed by atoms with van der Waals surface area (Å²) in [5.74, 6) is -2.76. The first-order valence-electron chi connectivity index (χ1n) is 3.97. The van der Waals surface area contributed by atoms with Gasteiger partial charge in [0.15, 0.2) is 0 Å². The molecule has 0 atom stereocenters. The minimum absolute atomic E-state index is 0.102. The smallest absolute Gasteiger partial charge is 0.475 e. The van der Waals surface area contributed by atoms with Crippen molar-refractivity contribution in [2.45, 2.75) is 20.0 Å². The predicted molar refractivity (Wildman–Crippen MR) is 48.0 cm³/mol. The summed E-state index contributed by atoms with van der Waals surface area (Å²) in [5, 5.41) is 13.1. The molecule has 1 rings (SSSR count). The molecule has 2 N–H and O–H groups in total. The number of hydrogen-bond donors (Lipinski definition) is 2. The van der Waals surface area contributed by atoms with Crippen LogP contribution in [0.2, 0.25) is 0 Å². The summed E-state index contributed by atoms with van der Waals surface area (Å²) < 4.78 is 31.7. The molecule has 0 aliphatic heterocycles. The molecule has 0 saturated heterocycles. The summed E-state index contributed by atoms with van der Waals surface area (Å²) in [5.41, 5.74) is 1.57. The van der Waals surface area contributed by atoms with E-state index < -0.39 is 12.1 Å². The van der Waals surface area contributed by atoms with Gasteiger partial charge in [-0.2, -0.15) is 18.3 Å². The van der Waals surface area contributed by atoms with Crippen molar-refractivity contribution >= 4 is 5.97 Å². The lowest BCUT2D eigenvalue weighted by Crippen LogP contribution is -2.21. The number of carbonyl (C=O) groups is 1. The first-order chi connectivity index (χ1) is 7.16.